The van der Waals surface area contributed by atoms with Crippen LogP contribution in [0.25, 0.3) is 0 Å². The number of anilines is 1. The van der Waals surface area contributed by atoms with E-state index >= 15 is 0 Å². The molecule has 1 aromatic rings. The predicted molar refractivity (Wildman–Crippen MR) is 83.4 cm³/mol. The van der Waals surface area contributed by atoms with Crippen molar-refractivity contribution >= 4 is 47.6 Å². The minimum Gasteiger partial charge on any atom is -0.399 e. The molecular weight excluding hydrogens is 396 g/mol. The highest BCUT2D eigenvalue weighted by atomic mass is 79.9. The summed E-state index contributed by atoms with van der Waals surface area (Å²) in [5, 5.41) is 0. The highest BCUT2D eigenvalue weighted by Gasteiger charge is 2.28. The second-order valence-electron chi connectivity index (χ2n) is 5.02. The molecule has 0 radical (unpaired) electrons. The maximum Gasteiger partial charge on any atom is 0.243 e. The van der Waals surface area contributed by atoms with Gasteiger partial charge in [0.25, 0.3) is 0 Å². The van der Waals surface area contributed by atoms with E-state index in [1.54, 1.807) is 12.1 Å². The van der Waals surface area contributed by atoms with Crippen molar-refractivity contribution in [2.75, 3.05) is 5.73 Å². The number of hydrogen-bond donors (Lipinski definition) is 2. The molecule has 19 heavy (non-hydrogen) atoms. The van der Waals surface area contributed by atoms with E-state index < -0.39 is 10.0 Å². The molecular formula is C12H16Br2N2O2S. The first kappa shape index (κ1) is 15.3. The normalized spacial score (nSPS) is 17.4. The second kappa shape index (κ2) is 5.71. The lowest BCUT2D eigenvalue weighted by atomic mass is 10.2. The Morgan fingerprint density at radius 1 is 1.37 bits per heavy atom. The zero-order chi connectivity index (χ0) is 14.2. The van der Waals surface area contributed by atoms with Gasteiger partial charge in [-0.3, -0.25) is 0 Å². The number of rotatable bonds is 5. The molecule has 0 spiro atoms. The molecule has 1 aliphatic carbocycles. The summed E-state index contributed by atoms with van der Waals surface area (Å²) in [6.45, 7) is 1.90. The van der Waals surface area contributed by atoms with Gasteiger partial charge in [0.15, 0.2) is 0 Å². The minimum atomic E-state index is -3.55. The molecule has 0 bridgehead atoms. The molecule has 0 aliphatic heterocycles. The van der Waals surface area contributed by atoms with E-state index in [0.29, 0.717) is 20.6 Å². The molecule has 1 aromatic carbocycles. The molecule has 1 unspecified atom stereocenters. The Morgan fingerprint density at radius 2 is 1.89 bits per heavy atom. The van der Waals surface area contributed by atoms with Gasteiger partial charge in [0, 0.05) is 20.7 Å². The van der Waals surface area contributed by atoms with E-state index in [1.807, 2.05) is 6.92 Å². The minimum absolute atomic E-state index is 0.0612. The van der Waals surface area contributed by atoms with Crippen LogP contribution in [0.4, 0.5) is 5.69 Å². The molecule has 4 nitrogen and oxygen atoms in total. The molecule has 0 amide bonds. The number of hydrogen-bond acceptors (Lipinski definition) is 3. The molecule has 1 atom stereocenters. The van der Waals surface area contributed by atoms with Crippen LogP contribution in [0.15, 0.2) is 26.0 Å². The summed E-state index contributed by atoms with van der Waals surface area (Å²) in [5.74, 6) is 0.677. The van der Waals surface area contributed by atoms with E-state index in [1.165, 1.54) is 12.8 Å². The van der Waals surface area contributed by atoms with Crippen LogP contribution in [0.2, 0.25) is 0 Å². The quantitative estimate of drug-likeness (QED) is 0.730. The Balaban J connectivity index is 2.23. The van der Waals surface area contributed by atoms with Crippen LogP contribution in [0.5, 0.6) is 0 Å². The van der Waals surface area contributed by atoms with Gasteiger partial charge < -0.3 is 5.73 Å². The fourth-order valence-electron chi connectivity index (χ4n) is 2.06. The molecule has 7 heteroatoms. The van der Waals surface area contributed by atoms with Crippen molar-refractivity contribution in [3.8, 4) is 0 Å². The third-order valence-corrected chi connectivity index (χ3v) is 6.50. The van der Waals surface area contributed by atoms with Crippen LogP contribution < -0.4 is 10.5 Å². The first-order valence-corrected chi connectivity index (χ1v) is 9.13. The number of nitrogens with one attached hydrogen (secondary N) is 1. The van der Waals surface area contributed by atoms with Gasteiger partial charge in [0.2, 0.25) is 10.0 Å². The van der Waals surface area contributed by atoms with Crippen LogP contribution in [-0.2, 0) is 10.0 Å². The molecule has 0 heterocycles. The van der Waals surface area contributed by atoms with Crippen LogP contribution >= 0.6 is 31.9 Å². The summed E-state index contributed by atoms with van der Waals surface area (Å²) in [7, 11) is -3.55. The Hall–Kier alpha value is -0.110. The third kappa shape index (κ3) is 3.93. The summed E-state index contributed by atoms with van der Waals surface area (Å²) in [6.07, 6.45) is 3.31. The van der Waals surface area contributed by atoms with Crippen molar-refractivity contribution < 1.29 is 8.42 Å². The van der Waals surface area contributed by atoms with Crippen molar-refractivity contribution in [3.05, 3.63) is 21.1 Å². The van der Waals surface area contributed by atoms with E-state index in [4.69, 9.17) is 5.73 Å². The Morgan fingerprint density at radius 3 is 2.37 bits per heavy atom. The summed E-state index contributed by atoms with van der Waals surface area (Å²) >= 11 is 6.52. The van der Waals surface area contributed by atoms with Gasteiger partial charge in [-0.1, -0.05) is 12.8 Å². The smallest absolute Gasteiger partial charge is 0.243 e. The van der Waals surface area contributed by atoms with E-state index in [9.17, 15) is 8.42 Å². The highest BCUT2D eigenvalue weighted by Crippen LogP contribution is 2.35. The van der Waals surface area contributed by atoms with Gasteiger partial charge >= 0.3 is 0 Å². The van der Waals surface area contributed by atoms with Gasteiger partial charge in [-0.2, -0.15) is 0 Å². The average Bonchev–Trinajstić information content (AvgIpc) is 2.97. The lowest BCUT2D eigenvalue weighted by molar-refractivity contribution is 0.529. The van der Waals surface area contributed by atoms with Crippen LogP contribution in [0.3, 0.4) is 0 Å². The maximum absolute atomic E-state index is 12.4. The Bertz CT molecular complexity index is 562. The maximum atomic E-state index is 12.4. The number of nitrogen functional groups attached to an aromatic ring is 1. The van der Waals surface area contributed by atoms with Crippen molar-refractivity contribution in [1.29, 1.82) is 0 Å². The van der Waals surface area contributed by atoms with Gasteiger partial charge in [-0.05, 0) is 63.3 Å². The number of sulfonamides is 1. The van der Waals surface area contributed by atoms with Crippen LogP contribution in [0.1, 0.15) is 26.2 Å². The summed E-state index contributed by atoms with van der Waals surface area (Å²) < 4.78 is 28.4. The number of halogens is 2. The monoisotopic (exact) mass is 410 g/mol. The van der Waals surface area contributed by atoms with Crippen LogP contribution in [-0.4, -0.2) is 14.5 Å². The molecule has 1 saturated carbocycles. The topological polar surface area (TPSA) is 72.2 Å². The van der Waals surface area contributed by atoms with Crippen LogP contribution in [0, 0.1) is 5.92 Å². The fraction of sp³-hybridized carbons (Fsp3) is 0.500. The number of nitrogens with two attached hydrogens (primary N) is 1. The number of benzene rings is 1. The van der Waals surface area contributed by atoms with Crippen molar-refractivity contribution in [3.63, 3.8) is 0 Å². The molecule has 3 N–H and O–H groups in total. The molecule has 2 rings (SSSR count). The molecule has 106 valence electrons. The van der Waals surface area contributed by atoms with E-state index in [0.717, 1.165) is 6.42 Å². The second-order valence-corrected chi connectivity index (χ2v) is 8.37. The Labute approximate surface area is 130 Å². The predicted octanol–water partition coefficient (Wildman–Crippen LogP) is 3.26. The summed E-state index contributed by atoms with van der Waals surface area (Å²) in [4.78, 5) is 0.198. The van der Waals surface area contributed by atoms with Crippen molar-refractivity contribution in [1.82, 2.24) is 4.72 Å². The lowest BCUT2D eigenvalue weighted by Crippen LogP contribution is -2.33. The first-order valence-electron chi connectivity index (χ1n) is 6.06. The largest absolute Gasteiger partial charge is 0.399 e. The molecule has 0 saturated heterocycles. The SMILES string of the molecule is CC(CC1CC1)NS(=O)(=O)c1c(Br)cc(N)cc1Br. The van der Waals surface area contributed by atoms with Gasteiger partial charge in [-0.15, -0.1) is 0 Å². The standard InChI is InChI=1S/C12H16Br2N2O2S/c1-7(4-8-2-3-8)16-19(17,18)12-10(13)5-9(15)6-11(12)14/h5-8,16H,2-4,15H2,1H3. The zero-order valence-corrected chi connectivity index (χ0v) is 14.5. The van der Waals surface area contributed by atoms with Gasteiger partial charge in [-0.25, -0.2) is 13.1 Å². The molecule has 1 fully saturated rings. The van der Waals surface area contributed by atoms with Gasteiger partial charge in [0.05, 0.1) is 0 Å². The van der Waals surface area contributed by atoms with E-state index in [2.05, 4.69) is 36.6 Å². The van der Waals surface area contributed by atoms with Crippen molar-refractivity contribution in [2.45, 2.75) is 37.1 Å². The lowest BCUT2D eigenvalue weighted by Gasteiger charge is -2.16. The summed E-state index contributed by atoms with van der Waals surface area (Å²) in [6, 6.07) is 3.12. The third-order valence-electron chi connectivity index (χ3n) is 3.03. The fourth-order valence-corrected chi connectivity index (χ4v) is 5.94. The molecule has 1 aliphatic rings. The van der Waals surface area contributed by atoms with E-state index in [-0.39, 0.29) is 10.9 Å². The zero-order valence-electron chi connectivity index (χ0n) is 10.5. The first-order chi connectivity index (χ1) is 8.79. The average molecular weight is 412 g/mol. The Kier molecular flexibility index (Phi) is 4.59. The summed E-state index contributed by atoms with van der Waals surface area (Å²) in [5.41, 5.74) is 6.18. The van der Waals surface area contributed by atoms with Crippen molar-refractivity contribution in [2.24, 2.45) is 5.92 Å². The van der Waals surface area contributed by atoms with Gasteiger partial charge in [0.1, 0.15) is 4.90 Å². The molecule has 0 aromatic heterocycles. The highest BCUT2D eigenvalue weighted by molar-refractivity contribution is 9.11.